The van der Waals surface area contributed by atoms with E-state index >= 15 is 0 Å². The van der Waals surface area contributed by atoms with Crippen LogP contribution in [0.4, 0.5) is 0 Å². The second kappa shape index (κ2) is 15.8. The van der Waals surface area contributed by atoms with Gasteiger partial charge in [-0.05, 0) is 36.4 Å². The predicted octanol–water partition coefficient (Wildman–Crippen LogP) is 1.43. The molecule has 1 radical (unpaired) electrons. The Labute approximate surface area is 246 Å². The molecule has 3 aromatic heterocycles. The summed E-state index contributed by atoms with van der Waals surface area (Å²) in [7, 11) is 0. The molecule has 15 nitrogen and oxygen atoms in total. The first-order valence-corrected chi connectivity index (χ1v) is 9.14. The van der Waals surface area contributed by atoms with Crippen LogP contribution in [-0.4, -0.2) is 81.4 Å². The maximum atomic E-state index is 10.3. The van der Waals surface area contributed by atoms with Gasteiger partial charge in [-0.2, -0.15) is 0 Å². The molecule has 0 aromatic carbocycles. The summed E-state index contributed by atoms with van der Waals surface area (Å²) in [6.45, 7) is 0. The van der Waals surface area contributed by atoms with Crippen molar-refractivity contribution in [3.8, 4) is 0 Å². The maximum Gasteiger partial charge on any atom is 0.354 e. The Hall–Kier alpha value is -4.15. The van der Waals surface area contributed by atoms with Crippen molar-refractivity contribution in [2.45, 2.75) is 0 Å². The van der Waals surface area contributed by atoms with Crippen molar-refractivity contribution in [2.75, 3.05) is 0 Å². The van der Waals surface area contributed by atoms with Gasteiger partial charge < -0.3 is 30.6 Å². The monoisotopic (exact) mass is 654 g/mol. The number of hydrogen-bond acceptors (Lipinski definition) is 9. The van der Waals surface area contributed by atoms with E-state index in [1.165, 1.54) is 54.6 Å². The molecule has 3 aromatic rings. The Morgan fingerprint density at radius 3 is 0.622 bits per heavy atom. The summed E-state index contributed by atoms with van der Waals surface area (Å²) in [6.07, 6.45) is 0. The van der Waals surface area contributed by atoms with Crippen LogP contribution in [0.3, 0.4) is 0 Å². The number of aromatic nitrogens is 3. The molecular weight excluding hydrogens is 638 g/mol. The fourth-order valence-corrected chi connectivity index (χ4v) is 2.02. The van der Waals surface area contributed by atoms with Gasteiger partial charge in [0.2, 0.25) is 0 Å². The molecule has 0 bridgehead atoms. The molecule has 0 amide bonds. The van der Waals surface area contributed by atoms with E-state index in [1.54, 1.807) is 0 Å². The van der Waals surface area contributed by atoms with E-state index in [1.807, 2.05) is 0 Å². The Balaban J connectivity index is 0.000000518. The minimum absolute atomic E-state index is 0. The molecule has 0 atom stereocenters. The zero-order valence-corrected chi connectivity index (χ0v) is 20.5. The van der Waals surface area contributed by atoms with Gasteiger partial charge in [-0.15, -0.1) is 0 Å². The molecule has 37 heavy (non-hydrogen) atoms. The summed E-state index contributed by atoms with van der Waals surface area (Å²) in [6, 6.07) is 11.4. The third-order valence-electron chi connectivity index (χ3n) is 3.56. The average molecular weight is 653 g/mol. The van der Waals surface area contributed by atoms with E-state index in [0.29, 0.717) is 0 Å². The summed E-state index contributed by atoms with van der Waals surface area (Å²) < 4.78 is 0. The molecule has 3 rings (SSSR count). The van der Waals surface area contributed by atoms with Crippen molar-refractivity contribution in [3.63, 3.8) is 0 Å². The van der Waals surface area contributed by atoms with E-state index in [9.17, 15) is 28.8 Å². The van der Waals surface area contributed by atoms with Gasteiger partial charge in [-0.1, -0.05) is 18.2 Å². The van der Waals surface area contributed by atoms with Gasteiger partial charge in [0.25, 0.3) is 0 Å². The molecule has 6 N–H and O–H groups in total. The number of aromatic carboxylic acids is 6. The van der Waals surface area contributed by atoms with Crippen molar-refractivity contribution in [2.24, 2.45) is 0 Å². The number of rotatable bonds is 6. The predicted molar refractivity (Wildman–Crippen MR) is 114 cm³/mol. The first-order chi connectivity index (χ1) is 16.8. The molecule has 0 fully saturated rings. The first-order valence-electron chi connectivity index (χ1n) is 9.14. The molecule has 0 aliphatic carbocycles. The van der Waals surface area contributed by atoms with Crippen LogP contribution in [0.1, 0.15) is 62.9 Å². The molecule has 193 valence electrons. The van der Waals surface area contributed by atoms with Crippen LogP contribution in [0.15, 0.2) is 54.6 Å². The number of carboxylic acid groups (broad SMARTS) is 6. The standard InChI is InChI=1S/3C7H5NO4.Eu/c3*9-6(10)4-2-1-3-5(8-4)7(11)12;/h3*1-3H,(H,9,10)(H,11,12);. The van der Waals surface area contributed by atoms with Crippen LogP contribution in [0.2, 0.25) is 0 Å². The molecule has 0 aliphatic heterocycles. The fraction of sp³-hybridized carbons (Fsp3) is 0. The topological polar surface area (TPSA) is 262 Å². The largest absolute Gasteiger partial charge is 0.477 e. The second-order valence-corrected chi connectivity index (χ2v) is 6.06. The van der Waals surface area contributed by atoms with Gasteiger partial charge in [0, 0.05) is 49.4 Å². The molecule has 0 saturated carbocycles. The van der Waals surface area contributed by atoms with Crippen molar-refractivity contribution in [1.29, 1.82) is 0 Å². The summed E-state index contributed by atoms with van der Waals surface area (Å²) >= 11 is 0. The van der Waals surface area contributed by atoms with E-state index in [-0.39, 0.29) is 83.5 Å². The third kappa shape index (κ3) is 11.4. The Kier molecular flexibility index (Phi) is 14.0. The van der Waals surface area contributed by atoms with E-state index in [4.69, 9.17) is 30.6 Å². The average Bonchev–Trinajstić information content (AvgIpc) is 2.85. The van der Waals surface area contributed by atoms with Crippen molar-refractivity contribution >= 4 is 35.8 Å². The number of nitrogens with zero attached hydrogens (tertiary/aromatic N) is 3. The Morgan fingerprint density at radius 2 is 0.514 bits per heavy atom. The summed E-state index contributed by atoms with van der Waals surface area (Å²) in [5.74, 6) is -7.43. The second-order valence-electron chi connectivity index (χ2n) is 6.06. The fourth-order valence-electron chi connectivity index (χ4n) is 2.02. The van der Waals surface area contributed by atoms with E-state index < -0.39 is 35.8 Å². The summed E-state index contributed by atoms with van der Waals surface area (Å²) in [4.78, 5) is 72.0. The van der Waals surface area contributed by atoms with Crippen LogP contribution in [0, 0.1) is 49.4 Å². The van der Waals surface area contributed by atoms with Crippen LogP contribution in [-0.2, 0) is 0 Å². The third-order valence-corrected chi connectivity index (χ3v) is 3.56. The molecule has 3 heterocycles. The zero-order valence-electron chi connectivity index (χ0n) is 18.0. The molecule has 16 heteroatoms. The van der Waals surface area contributed by atoms with Gasteiger partial charge in [0.05, 0.1) is 0 Å². The van der Waals surface area contributed by atoms with Crippen LogP contribution >= 0.6 is 0 Å². The van der Waals surface area contributed by atoms with Gasteiger partial charge in [-0.25, -0.2) is 43.7 Å². The number of carboxylic acids is 6. The normalized spacial score (nSPS) is 9.08. The van der Waals surface area contributed by atoms with Gasteiger partial charge in [0.15, 0.2) is 0 Å². The van der Waals surface area contributed by atoms with Crippen LogP contribution in [0.25, 0.3) is 0 Å². The summed E-state index contributed by atoms with van der Waals surface area (Å²) in [5.41, 5.74) is -1.61. The number of carbonyl (C=O) groups is 6. The van der Waals surface area contributed by atoms with Crippen molar-refractivity contribution in [3.05, 3.63) is 88.8 Å². The smallest absolute Gasteiger partial charge is 0.354 e. The van der Waals surface area contributed by atoms with Crippen LogP contribution in [0.5, 0.6) is 0 Å². The Bertz CT molecular complexity index is 1080. The summed E-state index contributed by atoms with van der Waals surface area (Å²) in [5, 5.41) is 50.6. The van der Waals surface area contributed by atoms with Gasteiger partial charge in [0.1, 0.15) is 34.2 Å². The molecule has 0 spiro atoms. The minimum atomic E-state index is -1.24. The SMILES string of the molecule is O=C(O)c1cccc(C(=O)O)n1.O=C(O)c1cccc(C(=O)O)n1.O=C(O)c1cccc(C(=O)O)n1.[Eu]. The maximum absolute atomic E-state index is 10.3. The van der Waals surface area contributed by atoms with Gasteiger partial charge >= 0.3 is 35.8 Å². The number of pyridine rings is 3. The molecular formula is C21H15EuN3O12. The molecule has 0 aliphatic rings. The Morgan fingerprint density at radius 1 is 0.378 bits per heavy atom. The first kappa shape index (κ1) is 32.9. The number of hydrogen-bond donors (Lipinski definition) is 6. The van der Waals surface area contributed by atoms with E-state index in [0.717, 1.165) is 0 Å². The quantitative estimate of drug-likeness (QED) is 0.220. The molecule has 0 unspecified atom stereocenters. The molecule has 0 saturated heterocycles. The van der Waals surface area contributed by atoms with Crippen molar-refractivity contribution in [1.82, 2.24) is 15.0 Å². The minimum Gasteiger partial charge on any atom is -0.477 e. The van der Waals surface area contributed by atoms with Crippen molar-refractivity contribution < 1.29 is 109 Å². The zero-order chi connectivity index (χ0) is 27.4. The van der Waals surface area contributed by atoms with Crippen LogP contribution < -0.4 is 0 Å². The van der Waals surface area contributed by atoms with Gasteiger partial charge in [-0.3, -0.25) is 0 Å². The van der Waals surface area contributed by atoms with E-state index in [2.05, 4.69) is 15.0 Å².